The van der Waals surface area contributed by atoms with Crippen LogP contribution in [0, 0.1) is 5.41 Å². The maximum absolute atomic E-state index is 2.33. The molecule has 0 aromatic carbocycles. The van der Waals surface area contributed by atoms with E-state index in [1.165, 1.54) is 44.9 Å². The Hall–Kier alpha value is 0. The van der Waals surface area contributed by atoms with Gasteiger partial charge in [0.25, 0.3) is 0 Å². The molecule has 0 aliphatic heterocycles. The van der Waals surface area contributed by atoms with Gasteiger partial charge in [-0.2, -0.15) is 0 Å². The molecule has 0 aliphatic carbocycles. The molecule has 0 unspecified atom stereocenters. The van der Waals surface area contributed by atoms with E-state index < -0.39 is 0 Å². The zero-order chi connectivity index (χ0) is 9.45. The number of hydrogen-bond acceptors (Lipinski definition) is 0. The average molecular weight is 202 g/mol. The molecule has 0 spiro atoms. The zero-order valence-electron chi connectivity index (χ0n) is 9.45. The third-order valence-electron chi connectivity index (χ3n) is 2.28. The lowest BCUT2D eigenvalue weighted by atomic mass is 9.89. The first-order valence-electron chi connectivity index (χ1n) is 5.56. The molecule has 0 fully saturated rings. The van der Waals surface area contributed by atoms with Gasteiger partial charge in [0.05, 0.1) is 0 Å². The fourth-order valence-electron chi connectivity index (χ4n) is 1.44. The van der Waals surface area contributed by atoms with E-state index in [0.717, 1.165) is 0 Å². The van der Waals surface area contributed by atoms with E-state index in [0.29, 0.717) is 5.41 Å². The molecule has 0 saturated heterocycles. The van der Waals surface area contributed by atoms with Crippen LogP contribution in [0.1, 0.15) is 87.5 Å². The molecular formula is C14H34. The van der Waals surface area contributed by atoms with E-state index >= 15 is 0 Å². The summed E-state index contributed by atoms with van der Waals surface area (Å²) in [5.74, 6) is 0. The highest BCUT2D eigenvalue weighted by Crippen LogP contribution is 2.22. The van der Waals surface area contributed by atoms with Crippen molar-refractivity contribution in [3.05, 3.63) is 0 Å². The molecule has 0 atom stereocenters. The minimum Gasteiger partial charge on any atom is -0.0776 e. The Bertz CT molecular complexity index is 86.7. The van der Waals surface area contributed by atoms with Crippen LogP contribution in [0.5, 0.6) is 0 Å². The summed E-state index contributed by atoms with van der Waals surface area (Å²) < 4.78 is 0. The van der Waals surface area contributed by atoms with Gasteiger partial charge in [0.2, 0.25) is 0 Å². The zero-order valence-corrected chi connectivity index (χ0v) is 9.45. The van der Waals surface area contributed by atoms with Crippen LogP contribution in [0.25, 0.3) is 0 Å². The molecule has 0 bridgehead atoms. The molecule has 0 radical (unpaired) electrons. The second-order valence-electron chi connectivity index (χ2n) is 5.08. The minimum atomic E-state index is 0. The third kappa shape index (κ3) is 17.9. The van der Waals surface area contributed by atoms with E-state index in [9.17, 15) is 0 Å². The van der Waals surface area contributed by atoms with E-state index in [1.54, 1.807) is 0 Å². The second kappa shape index (κ2) is 11.1. The van der Waals surface area contributed by atoms with Gasteiger partial charge in [-0.1, -0.05) is 81.1 Å². The number of rotatable bonds is 6. The monoisotopic (exact) mass is 202 g/mol. The molecule has 0 N–H and O–H groups in total. The molecule has 0 heteroatoms. The van der Waals surface area contributed by atoms with Gasteiger partial charge in [-0.05, 0) is 11.8 Å². The average Bonchev–Trinajstić information content (AvgIpc) is 1.94. The summed E-state index contributed by atoms with van der Waals surface area (Å²) in [6.07, 6.45) is 9.93. The maximum atomic E-state index is 2.33. The Kier molecular flexibility index (Phi) is 15.5. The topological polar surface area (TPSA) is 0 Å². The normalized spacial score (nSPS) is 10.3. The highest BCUT2D eigenvalue weighted by molar-refractivity contribution is 4.60. The summed E-state index contributed by atoms with van der Waals surface area (Å²) in [6, 6.07) is 0. The lowest BCUT2D eigenvalue weighted by Gasteiger charge is -2.17. The van der Waals surface area contributed by atoms with Crippen molar-refractivity contribution in [1.29, 1.82) is 0 Å². The molecule has 0 amide bonds. The van der Waals surface area contributed by atoms with Crippen molar-refractivity contribution in [1.82, 2.24) is 0 Å². The molecule has 0 rings (SSSR count). The van der Waals surface area contributed by atoms with Crippen LogP contribution in [0.2, 0.25) is 0 Å². The second-order valence-corrected chi connectivity index (χ2v) is 5.08. The van der Waals surface area contributed by atoms with Gasteiger partial charge in [0.1, 0.15) is 0 Å². The van der Waals surface area contributed by atoms with Gasteiger partial charge in [-0.15, -0.1) is 0 Å². The lowest BCUT2D eigenvalue weighted by Crippen LogP contribution is -2.03. The molecule has 0 nitrogen and oxygen atoms in total. The standard InChI is InChI=1S/C12H26.2CH4/c1-5-6-7-8-9-10-11-12(2,3)4;;/h5-11H2,1-4H3;2*1H4. The molecule has 0 aromatic rings. The van der Waals surface area contributed by atoms with Gasteiger partial charge in [0, 0.05) is 0 Å². The summed E-state index contributed by atoms with van der Waals surface area (Å²) >= 11 is 0. The Morgan fingerprint density at radius 3 is 1.57 bits per heavy atom. The van der Waals surface area contributed by atoms with Crippen molar-refractivity contribution in [3.8, 4) is 0 Å². The largest absolute Gasteiger partial charge is 0.0776 e. The molecule has 14 heavy (non-hydrogen) atoms. The maximum Gasteiger partial charge on any atom is -0.0383 e. The van der Waals surface area contributed by atoms with Crippen molar-refractivity contribution in [2.45, 2.75) is 87.5 Å². The first-order chi connectivity index (χ1) is 5.56. The summed E-state index contributed by atoms with van der Waals surface area (Å²) in [4.78, 5) is 0. The molecule has 0 heterocycles. The van der Waals surface area contributed by atoms with Crippen LogP contribution >= 0.6 is 0 Å². The van der Waals surface area contributed by atoms with Gasteiger partial charge in [-0.3, -0.25) is 0 Å². The number of hydrogen-bond donors (Lipinski definition) is 0. The lowest BCUT2D eigenvalue weighted by molar-refractivity contribution is 0.356. The smallest absolute Gasteiger partial charge is 0.0383 e. The Labute approximate surface area is 93.5 Å². The van der Waals surface area contributed by atoms with Crippen LogP contribution in [0.4, 0.5) is 0 Å². The minimum absolute atomic E-state index is 0. The molecule has 0 saturated carbocycles. The third-order valence-corrected chi connectivity index (χ3v) is 2.28. The van der Waals surface area contributed by atoms with Gasteiger partial charge >= 0.3 is 0 Å². The van der Waals surface area contributed by atoms with E-state index in [4.69, 9.17) is 0 Å². The molecule has 0 aromatic heterocycles. The van der Waals surface area contributed by atoms with Gasteiger partial charge in [0.15, 0.2) is 0 Å². The molecular weight excluding hydrogens is 168 g/mol. The summed E-state index contributed by atoms with van der Waals surface area (Å²) in [6.45, 7) is 9.27. The Morgan fingerprint density at radius 1 is 0.714 bits per heavy atom. The predicted molar refractivity (Wildman–Crippen MR) is 70.9 cm³/mol. The van der Waals surface area contributed by atoms with Crippen molar-refractivity contribution >= 4 is 0 Å². The van der Waals surface area contributed by atoms with Crippen LogP contribution < -0.4 is 0 Å². The highest BCUT2D eigenvalue weighted by Gasteiger charge is 2.08. The van der Waals surface area contributed by atoms with Crippen LogP contribution in [-0.2, 0) is 0 Å². The summed E-state index contributed by atoms with van der Waals surface area (Å²) in [5, 5.41) is 0. The quantitative estimate of drug-likeness (QED) is 0.460. The van der Waals surface area contributed by atoms with E-state index in [1.807, 2.05) is 0 Å². The van der Waals surface area contributed by atoms with E-state index in [2.05, 4.69) is 27.7 Å². The Balaban J connectivity index is -0.000000605. The van der Waals surface area contributed by atoms with Gasteiger partial charge < -0.3 is 0 Å². The van der Waals surface area contributed by atoms with Crippen molar-refractivity contribution < 1.29 is 0 Å². The van der Waals surface area contributed by atoms with Crippen LogP contribution in [0.15, 0.2) is 0 Å². The first kappa shape index (κ1) is 19.6. The summed E-state index contributed by atoms with van der Waals surface area (Å²) in [5.41, 5.74) is 0.546. The van der Waals surface area contributed by atoms with Crippen molar-refractivity contribution in [2.75, 3.05) is 0 Å². The van der Waals surface area contributed by atoms with Crippen LogP contribution in [0.3, 0.4) is 0 Å². The SMILES string of the molecule is C.C.CCCCCCCCC(C)(C)C. The van der Waals surface area contributed by atoms with Crippen LogP contribution in [-0.4, -0.2) is 0 Å². The highest BCUT2D eigenvalue weighted by atomic mass is 14.1. The van der Waals surface area contributed by atoms with Crippen molar-refractivity contribution in [2.24, 2.45) is 5.41 Å². The fraction of sp³-hybridized carbons (Fsp3) is 1.00. The van der Waals surface area contributed by atoms with Crippen molar-refractivity contribution in [3.63, 3.8) is 0 Å². The van der Waals surface area contributed by atoms with E-state index in [-0.39, 0.29) is 14.9 Å². The summed E-state index contributed by atoms with van der Waals surface area (Å²) in [7, 11) is 0. The molecule has 0 aliphatic rings. The predicted octanol–water partition coefficient (Wildman–Crippen LogP) is 6.06. The molecule has 90 valence electrons. The fourth-order valence-corrected chi connectivity index (χ4v) is 1.44. The van der Waals surface area contributed by atoms with Gasteiger partial charge in [-0.25, -0.2) is 0 Å². The number of unbranched alkanes of at least 4 members (excludes halogenated alkanes) is 5. The first-order valence-corrected chi connectivity index (χ1v) is 5.56. The Morgan fingerprint density at radius 2 is 1.14 bits per heavy atom.